The van der Waals surface area contributed by atoms with Crippen molar-refractivity contribution in [3.8, 4) is 56.3 Å². The van der Waals surface area contributed by atoms with Crippen molar-refractivity contribution in [1.29, 1.82) is 0 Å². The van der Waals surface area contributed by atoms with E-state index < -0.39 is 0 Å². The Labute approximate surface area is 397 Å². The molecule has 3 nitrogen and oxygen atoms in total. The van der Waals surface area contributed by atoms with Gasteiger partial charge in [0.25, 0.3) is 0 Å². The number of hydrogen-bond acceptors (Lipinski definition) is 3. The molecule has 5 aromatic rings. The smallest absolute Gasteiger partial charge is 0.127 e. The Kier molecular flexibility index (Phi) is 10.4. The van der Waals surface area contributed by atoms with Crippen LogP contribution in [0.15, 0.2) is 78.9 Å². The molecule has 8 fully saturated rings. The SMILES string of the molecule is CC(C)c1ccc(-c2cc(C(C)(C)C)cc(C34CC5CC(CC(C5)C3)C4)c2O)c(-c2cccc(-c3cc(C(C)C)ccc3-c3cc(C(C)(C)C)cc(C45CC6CC(CC(C6)C4)C5)c3O)n2)c1. The average molecular weight is 880 g/mol. The summed E-state index contributed by atoms with van der Waals surface area (Å²) >= 11 is 0. The molecule has 0 amide bonds. The molecule has 66 heavy (non-hydrogen) atoms. The highest BCUT2D eigenvalue weighted by atomic mass is 16.3. The highest BCUT2D eigenvalue weighted by Gasteiger charge is 2.54. The molecular weight excluding hydrogens is 803 g/mol. The fourth-order valence-electron chi connectivity index (χ4n) is 15.7. The van der Waals surface area contributed by atoms with Gasteiger partial charge in [0, 0.05) is 33.4 Å². The predicted molar refractivity (Wildman–Crippen MR) is 275 cm³/mol. The summed E-state index contributed by atoms with van der Waals surface area (Å²) in [5.41, 5.74) is 15.3. The van der Waals surface area contributed by atoms with Crippen molar-refractivity contribution in [2.75, 3.05) is 0 Å². The molecule has 8 aliphatic carbocycles. The zero-order valence-electron chi connectivity index (χ0n) is 42.0. The van der Waals surface area contributed by atoms with Gasteiger partial charge in [0.1, 0.15) is 11.5 Å². The molecule has 8 bridgehead atoms. The Morgan fingerprint density at radius 2 is 0.773 bits per heavy atom. The van der Waals surface area contributed by atoms with Gasteiger partial charge in [0.15, 0.2) is 0 Å². The maximum absolute atomic E-state index is 12.9. The van der Waals surface area contributed by atoms with Crippen molar-refractivity contribution in [3.05, 3.63) is 112 Å². The lowest BCUT2D eigenvalue weighted by Gasteiger charge is -2.57. The number of benzene rings is 4. The van der Waals surface area contributed by atoms with Gasteiger partial charge in [0.05, 0.1) is 11.4 Å². The van der Waals surface area contributed by atoms with Crippen LogP contribution >= 0.6 is 0 Å². The summed E-state index contributed by atoms with van der Waals surface area (Å²) in [4.78, 5) is 5.68. The molecule has 1 aromatic heterocycles. The van der Waals surface area contributed by atoms with Crippen molar-refractivity contribution in [2.24, 2.45) is 35.5 Å². The van der Waals surface area contributed by atoms with Gasteiger partial charge in [-0.25, -0.2) is 4.98 Å². The second kappa shape index (κ2) is 15.6. The van der Waals surface area contributed by atoms with Crippen molar-refractivity contribution < 1.29 is 10.2 Å². The lowest BCUT2D eigenvalue weighted by molar-refractivity contribution is -0.00631. The van der Waals surface area contributed by atoms with E-state index in [9.17, 15) is 10.2 Å². The second-order valence-corrected chi connectivity index (χ2v) is 26.1. The Morgan fingerprint density at radius 3 is 1.08 bits per heavy atom. The number of nitrogens with zero attached hydrogens (tertiary/aromatic N) is 1. The third-order valence-corrected chi connectivity index (χ3v) is 18.5. The first kappa shape index (κ1) is 44.2. The van der Waals surface area contributed by atoms with E-state index in [0.29, 0.717) is 23.3 Å². The minimum absolute atomic E-state index is 0.0499. The first-order chi connectivity index (χ1) is 31.3. The van der Waals surface area contributed by atoms with E-state index in [-0.39, 0.29) is 21.7 Å². The number of rotatable bonds is 8. The van der Waals surface area contributed by atoms with Gasteiger partial charge in [-0.05, 0) is 216 Å². The molecule has 0 unspecified atom stereocenters. The molecule has 0 radical (unpaired) electrons. The minimum Gasteiger partial charge on any atom is -0.507 e. The van der Waals surface area contributed by atoms with Crippen molar-refractivity contribution in [3.63, 3.8) is 0 Å². The van der Waals surface area contributed by atoms with Crippen LogP contribution in [-0.2, 0) is 21.7 Å². The molecule has 0 saturated heterocycles. The molecule has 8 aliphatic rings. The fraction of sp³-hybridized carbons (Fsp3) is 0.540. The molecule has 0 aliphatic heterocycles. The maximum Gasteiger partial charge on any atom is 0.127 e. The maximum atomic E-state index is 12.9. The molecule has 2 N–H and O–H groups in total. The van der Waals surface area contributed by atoms with Crippen LogP contribution in [0, 0.1) is 35.5 Å². The molecular formula is C63H77NO2. The Bertz CT molecular complexity index is 2460. The van der Waals surface area contributed by atoms with Gasteiger partial charge in [-0.2, -0.15) is 0 Å². The number of phenols is 2. The highest BCUT2D eigenvalue weighted by molar-refractivity contribution is 5.90. The van der Waals surface area contributed by atoms with Crippen LogP contribution in [0.1, 0.15) is 192 Å². The van der Waals surface area contributed by atoms with Gasteiger partial charge in [0.2, 0.25) is 0 Å². The molecule has 0 atom stereocenters. The Hall–Kier alpha value is -4.37. The highest BCUT2D eigenvalue weighted by Crippen LogP contribution is 2.65. The van der Waals surface area contributed by atoms with Gasteiger partial charge in [-0.1, -0.05) is 112 Å². The van der Waals surface area contributed by atoms with Crippen molar-refractivity contribution in [1.82, 2.24) is 4.98 Å². The Balaban J connectivity index is 1.08. The van der Waals surface area contributed by atoms with Gasteiger partial charge in [-0.15, -0.1) is 0 Å². The number of aromatic nitrogens is 1. The topological polar surface area (TPSA) is 53.4 Å². The van der Waals surface area contributed by atoms with Crippen LogP contribution in [-0.4, -0.2) is 15.2 Å². The summed E-state index contributed by atoms with van der Waals surface area (Å²) in [6.07, 6.45) is 15.5. The number of hydrogen-bond donors (Lipinski definition) is 2. The summed E-state index contributed by atoms with van der Waals surface area (Å²) in [7, 11) is 0. The van der Waals surface area contributed by atoms with Crippen molar-refractivity contribution >= 4 is 0 Å². The predicted octanol–water partition coefficient (Wildman–Crippen LogP) is 16.9. The molecule has 0 spiro atoms. The summed E-state index contributed by atoms with van der Waals surface area (Å²) in [5, 5.41) is 25.7. The average Bonchev–Trinajstić information content (AvgIpc) is 3.24. The van der Waals surface area contributed by atoms with E-state index in [2.05, 4.69) is 148 Å². The van der Waals surface area contributed by atoms with Gasteiger partial charge >= 0.3 is 0 Å². The standard InChI is InChI=1S/C63H77NO2/c1-36(2)44-14-16-48(52-26-46(60(5,6)7)28-54(58(52)65)62-30-38-18-39(31-62)20-40(19-38)32-62)50(24-44)56-12-11-13-57(64-56)51-25-45(37(3)4)15-17-49(51)53-27-47(61(8,9)10)29-55(59(53)66)63-33-41-21-42(34-63)23-43(22-41)35-63/h11-17,24-29,36-43,65-66H,18-23,30-35H2,1-10H3. The van der Waals surface area contributed by atoms with E-state index >= 15 is 0 Å². The zero-order chi connectivity index (χ0) is 46.2. The number of aromatic hydroxyl groups is 2. The quantitative estimate of drug-likeness (QED) is 0.163. The van der Waals surface area contributed by atoms with Crippen LogP contribution in [0.25, 0.3) is 44.8 Å². The van der Waals surface area contributed by atoms with Gasteiger partial charge < -0.3 is 10.2 Å². The van der Waals surface area contributed by atoms with E-state index in [4.69, 9.17) is 4.98 Å². The number of phenolic OH excluding ortho intramolecular Hbond substituents is 2. The first-order valence-corrected chi connectivity index (χ1v) is 26.3. The summed E-state index contributed by atoms with van der Waals surface area (Å²) in [5.74, 6) is 6.32. The number of pyridine rings is 1. The molecule has 13 rings (SSSR count). The minimum atomic E-state index is -0.0844. The fourth-order valence-corrected chi connectivity index (χ4v) is 15.7. The molecule has 4 aromatic carbocycles. The van der Waals surface area contributed by atoms with Crippen LogP contribution < -0.4 is 0 Å². The van der Waals surface area contributed by atoms with Crippen LogP contribution in [0.4, 0.5) is 0 Å². The third-order valence-electron chi connectivity index (χ3n) is 18.5. The summed E-state index contributed by atoms with van der Waals surface area (Å²) < 4.78 is 0. The monoisotopic (exact) mass is 880 g/mol. The first-order valence-electron chi connectivity index (χ1n) is 26.3. The second-order valence-electron chi connectivity index (χ2n) is 26.1. The van der Waals surface area contributed by atoms with Crippen molar-refractivity contribution in [2.45, 2.75) is 180 Å². The zero-order valence-corrected chi connectivity index (χ0v) is 42.0. The van der Waals surface area contributed by atoms with E-state index in [0.717, 1.165) is 80.3 Å². The van der Waals surface area contributed by atoms with Crippen LogP contribution in [0.3, 0.4) is 0 Å². The molecule has 346 valence electrons. The lowest BCUT2D eigenvalue weighted by Crippen LogP contribution is -2.48. The third kappa shape index (κ3) is 7.47. The largest absolute Gasteiger partial charge is 0.507 e. The summed E-state index contributed by atoms with van der Waals surface area (Å²) in [6, 6.07) is 29.7. The summed E-state index contributed by atoms with van der Waals surface area (Å²) in [6.45, 7) is 23.0. The molecule has 3 heteroatoms. The molecule has 1 heterocycles. The molecule has 8 saturated carbocycles. The van der Waals surface area contributed by atoms with Crippen LogP contribution in [0.2, 0.25) is 0 Å². The van der Waals surface area contributed by atoms with Crippen LogP contribution in [0.5, 0.6) is 11.5 Å². The normalized spacial score (nSPS) is 28.8. The lowest BCUT2D eigenvalue weighted by atomic mass is 9.47. The van der Waals surface area contributed by atoms with E-state index in [1.165, 1.54) is 110 Å². The van der Waals surface area contributed by atoms with Gasteiger partial charge in [-0.3, -0.25) is 0 Å². The Morgan fingerprint density at radius 1 is 0.439 bits per heavy atom. The van der Waals surface area contributed by atoms with E-state index in [1.54, 1.807) is 0 Å². The van der Waals surface area contributed by atoms with E-state index in [1.807, 2.05) is 0 Å².